The molecule has 0 aromatic heterocycles. The second-order valence-corrected chi connectivity index (χ2v) is 5.77. The van der Waals surface area contributed by atoms with Gasteiger partial charge in [-0.1, -0.05) is 24.3 Å². The first kappa shape index (κ1) is 15.3. The highest BCUT2D eigenvalue weighted by Crippen LogP contribution is 2.26. The summed E-state index contributed by atoms with van der Waals surface area (Å²) in [6.45, 7) is 1.92. The van der Waals surface area contributed by atoms with Gasteiger partial charge in [-0.05, 0) is 49.6 Å². The van der Waals surface area contributed by atoms with Crippen molar-refractivity contribution in [3.63, 3.8) is 0 Å². The van der Waals surface area contributed by atoms with Gasteiger partial charge in [-0.25, -0.2) is 0 Å². The van der Waals surface area contributed by atoms with Gasteiger partial charge < -0.3 is 4.74 Å². The van der Waals surface area contributed by atoms with Gasteiger partial charge in [0.05, 0.1) is 18.2 Å². The maximum Gasteiger partial charge on any atom is 0.261 e. The van der Waals surface area contributed by atoms with Crippen molar-refractivity contribution in [1.82, 2.24) is 4.90 Å². The van der Waals surface area contributed by atoms with E-state index in [4.69, 9.17) is 4.74 Å². The average molecular weight is 309 g/mol. The summed E-state index contributed by atoms with van der Waals surface area (Å²) in [6.07, 6.45) is 1.50. The zero-order chi connectivity index (χ0) is 16.4. The molecule has 0 radical (unpaired) electrons. The summed E-state index contributed by atoms with van der Waals surface area (Å²) in [5.41, 5.74) is 2.14. The molecule has 1 aliphatic heterocycles. The van der Waals surface area contributed by atoms with Crippen LogP contribution < -0.4 is 4.74 Å². The first-order valence-corrected chi connectivity index (χ1v) is 7.71. The van der Waals surface area contributed by atoms with Gasteiger partial charge in [0, 0.05) is 6.04 Å². The van der Waals surface area contributed by atoms with Gasteiger partial charge in [0.25, 0.3) is 11.8 Å². The van der Waals surface area contributed by atoms with Crippen LogP contribution in [0.15, 0.2) is 48.5 Å². The fourth-order valence-electron chi connectivity index (χ4n) is 2.94. The van der Waals surface area contributed by atoms with Gasteiger partial charge in [-0.15, -0.1) is 0 Å². The molecule has 4 nitrogen and oxygen atoms in total. The summed E-state index contributed by atoms with van der Waals surface area (Å²) in [5.74, 6) is 0.434. The minimum absolute atomic E-state index is 0.145. The molecule has 4 heteroatoms. The summed E-state index contributed by atoms with van der Waals surface area (Å²) < 4.78 is 5.22. The van der Waals surface area contributed by atoms with Gasteiger partial charge in [0.15, 0.2) is 0 Å². The number of rotatable bonds is 5. The summed E-state index contributed by atoms with van der Waals surface area (Å²) in [5, 5.41) is 0. The minimum atomic E-state index is -0.191. The van der Waals surface area contributed by atoms with Crippen LogP contribution in [0.1, 0.15) is 39.6 Å². The molecular formula is C19H19NO3. The van der Waals surface area contributed by atoms with E-state index in [9.17, 15) is 9.59 Å². The second-order valence-electron chi connectivity index (χ2n) is 5.77. The van der Waals surface area contributed by atoms with Crippen LogP contribution in [0, 0.1) is 0 Å². The van der Waals surface area contributed by atoms with Crippen LogP contribution in [0.3, 0.4) is 0 Å². The maximum absolute atomic E-state index is 12.4. The van der Waals surface area contributed by atoms with Gasteiger partial charge in [-0.2, -0.15) is 0 Å². The lowest BCUT2D eigenvalue weighted by atomic mass is 10.0. The Morgan fingerprint density at radius 2 is 1.65 bits per heavy atom. The van der Waals surface area contributed by atoms with E-state index in [0.717, 1.165) is 24.2 Å². The highest BCUT2D eigenvalue weighted by Gasteiger charge is 2.37. The van der Waals surface area contributed by atoms with Crippen molar-refractivity contribution in [1.29, 1.82) is 0 Å². The predicted octanol–water partition coefficient (Wildman–Crippen LogP) is 3.31. The van der Waals surface area contributed by atoms with E-state index in [-0.39, 0.29) is 17.9 Å². The van der Waals surface area contributed by atoms with Crippen molar-refractivity contribution in [2.24, 2.45) is 0 Å². The molecule has 0 bridgehead atoms. The third-order valence-corrected chi connectivity index (χ3v) is 4.25. The van der Waals surface area contributed by atoms with Crippen LogP contribution in [-0.2, 0) is 6.42 Å². The van der Waals surface area contributed by atoms with Gasteiger partial charge in [0.2, 0.25) is 0 Å². The van der Waals surface area contributed by atoms with E-state index in [0.29, 0.717) is 11.1 Å². The largest absolute Gasteiger partial charge is 0.497 e. The number of ether oxygens (including phenoxy) is 1. The average Bonchev–Trinajstić information content (AvgIpc) is 2.84. The van der Waals surface area contributed by atoms with Crippen LogP contribution in [0.25, 0.3) is 0 Å². The number of carbonyl (C=O) groups excluding carboxylic acids is 2. The van der Waals surface area contributed by atoms with Crippen molar-refractivity contribution < 1.29 is 14.3 Å². The maximum atomic E-state index is 12.4. The number of benzene rings is 2. The molecular weight excluding hydrogens is 290 g/mol. The lowest BCUT2D eigenvalue weighted by Crippen LogP contribution is -2.38. The fraction of sp³-hybridized carbons (Fsp3) is 0.263. The van der Waals surface area contributed by atoms with Crippen LogP contribution in [0.4, 0.5) is 0 Å². The van der Waals surface area contributed by atoms with Crippen LogP contribution in [0.2, 0.25) is 0 Å². The smallest absolute Gasteiger partial charge is 0.261 e. The van der Waals surface area contributed by atoms with E-state index >= 15 is 0 Å². The molecule has 0 saturated carbocycles. The Balaban J connectivity index is 1.71. The number of methoxy groups -OCH3 is 1. The summed E-state index contributed by atoms with van der Waals surface area (Å²) in [7, 11) is 1.64. The molecule has 0 N–H and O–H groups in total. The van der Waals surface area contributed by atoms with Crippen molar-refractivity contribution >= 4 is 11.8 Å². The van der Waals surface area contributed by atoms with E-state index < -0.39 is 0 Å². The summed E-state index contributed by atoms with van der Waals surface area (Å²) in [6, 6.07) is 14.7. The summed E-state index contributed by atoms with van der Waals surface area (Å²) >= 11 is 0. The molecule has 23 heavy (non-hydrogen) atoms. The lowest BCUT2D eigenvalue weighted by molar-refractivity contribution is 0.0590. The first-order chi connectivity index (χ1) is 11.1. The van der Waals surface area contributed by atoms with Crippen molar-refractivity contribution in [2.45, 2.75) is 25.8 Å². The normalized spacial score (nSPS) is 14.8. The standard InChI is InChI=1S/C19H19NO3/c1-13(10-11-14-6-5-7-15(12-14)23-2)20-18(21)16-8-3-4-9-17(16)19(20)22/h3-9,12-13H,10-11H2,1-2H3. The number of fused-ring (bicyclic) bond motifs is 1. The Morgan fingerprint density at radius 3 is 2.26 bits per heavy atom. The van der Waals surface area contributed by atoms with Crippen molar-refractivity contribution in [3.05, 3.63) is 65.2 Å². The molecule has 1 unspecified atom stereocenters. The number of amides is 2. The quantitative estimate of drug-likeness (QED) is 0.796. The zero-order valence-electron chi connectivity index (χ0n) is 13.3. The van der Waals surface area contributed by atoms with Crippen molar-refractivity contribution in [3.8, 4) is 5.75 Å². The highest BCUT2D eigenvalue weighted by atomic mass is 16.5. The number of aryl methyl sites for hydroxylation is 1. The Bertz CT molecular complexity index is 719. The molecule has 118 valence electrons. The molecule has 2 aromatic carbocycles. The third-order valence-electron chi connectivity index (χ3n) is 4.25. The number of hydrogen-bond acceptors (Lipinski definition) is 3. The predicted molar refractivity (Wildman–Crippen MR) is 87.7 cm³/mol. The Hall–Kier alpha value is -2.62. The second kappa shape index (κ2) is 6.24. The van der Waals surface area contributed by atoms with Crippen molar-refractivity contribution in [2.75, 3.05) is 7.11 Å². The Kier molecular flexibility index (Phi) is 4.15. The first-order valence-electron chi connectivity index (χ1n) is 7.71. The molecule has 0 aliphatic carbocycles. The number of imide groups is 1. The van der Waals surface area contributed by atoms with E-state index in [1.54, 1.807) is 31.4 Å². The molecule has 1 atom stereocenters. The lowest BCUT2D eigenvalue weighted by Gasteiger charge is -2.22. The van der Waals surface area contributed by atoms with Gasteiger partial charge in [0.1, 0.15) is 5.75 Å². The highest BCUT2D eigenvalue weighted by molar-refractivity contribution is 6.21. The number of hydrogen-bond donors (Lipinski definition) is 0. The zero-order valence-corrected chi connectivity index (χ0v) is 13.3. The molecule has 3 rings (SSSR count). The molecule has 0 spiro atoms. The van der Waals surface area contributed by atoms with E-state index in [1.165, 1.54) is 4.90 Å². The molecule has 2 amide bonds. The molecule has 0 saturated heterocycles. The van der Waals surface area contributed by atoms with Gasteiger partial charge in [-0.3, -0.25) is 14.5 Å². The van der Waals surface area contributed by atoms with Crippen LogP contribution in [-0.4, -0.2) is 29.9 Å². The van der Waals surface area contributed by atoms with Crippen LogP contribution >= 0.6 is 0 Å². The fourth-order valence-corrected chi connectivity index (χ4v) is 2.94. The SMILES string of the molecule is COc1cccc(CCC(C)N2C(=O)c3ccccc3C2=O)c1. The third kappa shape index (κ3) is 2.84. The molecule has 1 aliphatic rings. The van der Waals surface area contributed by atoms with Crippen LogP contribution in [0.5, 0.6) is 5.75 Å². The monoisotopic (exact) mass is 309 g/mol. The molecule has 1 heterocycles. The minimum Gasteiger partial charge on any atom is -0.497 e. The van der Waals surface area contributed by atoms with Gasteiger partial charge >= 0.3 is 0 Å². The number of carbonyl (C=O) groups is 2. The van der Waals surface area contributed by atoms with E-state index in [2.05, 4.69) is 0 Å². The molecule has 0 fully saturated rings. The topological polar surface area (TPSA) is 46.6 Å². The van der Waals surface area contributed by atoms with E-state index in [1.807, 2.05) is 31.2 Å². The number of nitrogens with zero attached hydrogens (tertiary/aromatic N) is 1. The summed E-state index contributed by atoms with van der Waals surface area (Å²) in [4.78, 5) is 26.3. The Morgan fingerprint density at radius 1 is 1.00 bits per heavy atom. The molecule has 2 aromatic rings. The Labute approximate surface area is 135 Å².